The maximum atomic E-state index is 12.6. The van der Waals surface area contributed by atoms with Crippen molar-refractivity contribution >= 4 is 17.3 Å². The third kappa shape index (κ3) is 4.70. The lowest BCUT2D eigenvalue weighted by Crippen LogP contribution is -2.16. The largest absolute Gasteiger partial charge is 0.380 e. The highest BCUT2D eigenvalue weighted by atomic mass is 16.1. The first-order valence-electron chi connectivity index (χ1n) is 9.04. The summed E-state index contributed by atoms with van der Waals surface area (Å²) in [7, 11) is 0. The van der Waals surface area contributed by atoms with Gasteiger partial charge in [0, 0.05) is 24.6 Å². The van der Waals surface area contributed by atoms with Crippen molar-refractivity contribution in [1.29, 1.82) is 0 Å². The average molecular weight is 360 g/mol. The molecule has 0 aliphatic rings. The summed E-state index contributed by atoms with van der Waals surface area (Å²) in [6.07, 6.45) is 5.21. The molecule has 3 rings (SSSR count). The normalized spacial score (nSPS) is 10.7. The van der Waals surface area contributed by atoms with Crippen LogP contribution >= 0.6 is 0 Å². The van der Waals surface area contributed by atoms with Crippen molar-refractivity contribution in [1.82, 2.24) is 9.97 Å². The van der Waals surface area contributed by atoms with Gasteiger partial charge in [0.25, 0.3) is 5.91 Å². The zero-order valence-corrected chi connectivity index (χ0v) is 15.9. The molecule has 0 bridgehead atoms. The van der Waals surface area contributed by atoms with Gasteiger partial charge in [-0.15, -0.1) is 0 Å². The molecule has 2 heterocycles. The summed E-state index contributed by atoms with van der Waals surface area (Å²) in [5.74, 6) is 0.125. The van der Waals surface area contributed by atoms with E-state index in [9.17, 15) is 4.79 Å². The van der Waals surface area contributed by atoms with E-state index < -0.39 is 0 Å². The zero-order valence-electron chi connectivity index (χ0n) is 15.9. The highest BCUT2D eigenvalue weighted by Crippen LogP contribution is 2.27. The summed E-state index contributed by atoms with van der Waals surface area (Å²) < 4.78 is 0. The maximum Gasteiger partial charge on any atom is 0.274 e. The van der Waals surface area contributed by atoms with E-state index in [1.165, 1.54) is 0 Å². The SMILES string of the molecule is Cc1cccc(C(C)C)c1NC(=O)c1ccc(NCc2ccncc2)cn1. The van der Waals surface area contributed by atoms with Crippen LogP contribution in [-0.2, 0) is 6.54 Å². The fourth-order valence-corrected chi connectivity index (χ4v) is 2.86. The quantitative estimate of drug-likeness (QED) is 0.664. The van der Waals surface area contributed by atoms with Crippen LogP contribution in [0.3, 0.4) is 0 Å². The van der Waals surface area contributed by atoms with Crippen LogP contribution in [0.2, 0.25) is 0 Å². The Morgan fingerprint density at radius 1 is 1.07 bits per heavy atom. The van der Waals surface area contributed by atoms with E-state index in [0.29, 0.717) is 18.2 Å². The molecular weight excluding hydrogens is 336 g/mol. The number of carbonyl (C=O) groups is 1. The van der Waals surface area contributed by atoms with Crippen molar-refractivity contribution in [2.75, 3.05) is 10.6 Å². The van der Waals surface area contributed by atoms with Crippen LogP contribution in [0.25, 0.3) is 0 Å². The maximum absolute atomic E-state index is 12.6. The predicted octanol–water partition coefficient (Wildman–Crippen LogP) is 4.77. The first-order valence-corrected chi connectivity index (χ1v) is 9.04. The molecule has 0 fully saturated rings. The molecule has 1 aromatic carbocycles. The number of para-hydroxylation sites is 1. The molecule has 1 amide bonds. The number of pyridine rings is 2. The number of hydrogen-bond acceptors (Lipinski definition) is 4. The first kappa shape index (κ1) is 18.6. The molecule has 5 heteroatoms. The minimum Gasteiger partial charge on any atom is -0.380 e. The molecule has 0 aliphatic heterocycles. The van der Waals surface area contributed by atoms with Crippen molar-refractivity contribution in [2.45, 2.75) is 33.2 Å². The van der Waals surface area contributed by atoms with Crippen LogP contribution in [0.15, 0.2) is 61.1 Å². The first-order chi connectivity index (χ1) is 13.0. The molecule has 3 aromatic rings. The molecule has 0 unspecified atom stereocenters. The Bertz CT molecular complexity index is 905. The van der Waals surface area contributed by atoms with Gasteiger partial charge >= 0.3 is 0 Å². The number of nitrogens with zero attached hydrogens (tertiary/aromatic N) is 2. The van der Waals surface area contributed by atoms with E-state index in [4.69, 9.17) is 0 Å². The molecule has 0 atom stereocenters. The van der Waals surface area contributed by atoms with Gasteiger partial charge in [-0.25, -0.2) is 4.98 Å². The molecule has 27 heavy (non-hydrogen) atoms. The summed E-state index contributed by atoms with van der Waals surface area (Å²) in [4.78, 5) is 20.9. The predicted molar refractivity (Wildman–Crippen MR) is 109 cm³/mol. The van der Waals surface area contributed by atoms with Crippen LogP contribution in [0.4, 0.5) is 11.4 Å². The molecule has 0 spiro atoms. The fourth-order valence-electron chi connectivity index (χ4n) is 2.86. The lowest BCUT2D eigenvalue weighted by atomic mass is 9.98. The molecule has 2 N–H and O–H groups in total. The van der Waals surface area contributed by atoms with Gasteiger partial charge in [-0.2, -0.15) is 0 Å². The molecule has 0 radical (unpaired) electrons. The summed E-state index contributed by atoms with van der Waals surface area (Å²) in [6, 6.07) is 13.6. The fraction of sp³-hybridized carbons (Fsp3) is 0.227. The second-order valence-corrected chi connectivity index (χ2v) is 6.79. The number of hydrogen-bond donors (Lipinski definition) is 2. The van der Waals surface area contributed by atoms with Gasteiger partial charge in [0.05, 0.1) is 11.9 Å². The lowest BCUT2D eigenvalue weighted by molar-refractivity contribution is 0.102. The summed E-state index contributed by atoms with van der Waals surface area (Å²) in [6.45, 7) is 6.91. The Labute approximate surface area is 159 Å². The topological polar surface area (TPSA) is 66.9 Å². The van der Waals surface area contributed by atoms with Crippen molar-refractivity contribution in [2.24, 2.45) is 0 Å². The van der Waals surface area contributed by atoms with Crippen LogP contribution in [0.5, 0.6) is 0 Å². The minimum absolute atomic E-state index is 0.202. The van der Waals surface area contributed by atoms with Gasteiger partial charge in [-0.3, -0.25) is 9.78 Å². The number of rotatable bonds is 6. The molecule has 5 nitrogen and oxygen atoms in total. The standard InChI is InChI=1S/C22H24N4O/c1-15(2)19-6-4-5-16(3)21(19)26-22(27)20-8-7-18(14-25-20)24-13-17-9-11-23-12-10-17/h4-12,14-15,24H,13H2,1-3H3,(H,26,27). The van der Waals surface area contributed by atoms with Crippen molar-refractivity contribution in [3.05, 3.63) is 83.4 Å². The molecule has 138 valence electrons. The molecule has 2 aromatic heterocycles. The Hall–Kier alpha value is -3.21. The van der Waals surface area contributed by atoms with Gasteiger partial charge in [0.1, 0.15) is 5.69 Å². The number of benzene rings is 1. The third-order valence-corrected chi connectivity index (χ3v) is 4.41. The number of anilines is 2. The van der Waals surface area contributed by atoms with Gasteiger partial charge < -0.3 is 10.6 Å². The van der Waals surface area contributed by atoms with Crippen LogP contribution in [0, 0.1) is 6.92 Å². The monoisotopic (exact) mass is 360 g/mol. The second kappa shape index (κ2) is 8.45. The molecular formula is C22H24N4O. The average Bonchev–Trinajstić information content (AvgIpc) is 2.69. The van der Waals surface area contributed by atoms with Gasteiger partial charge in [-0.05, 0) is 53.8 Å². The molecule has 0 aliphatic carbocycles. The van der Waals surface area contributed by atoms with Crippen LogP contribution in [0.1, 0.15) is 46.9 Å². The Morgan fingerprint density at radius 2 is 1.85 bits per heavy atom. The van der Waals surface area contributed by atoms with E-state index in [2.05, 4.69) is 34.4 Å². The van der Waals surface area contributed by atoms with E-state index >= 15 is 0 Å². The van der Waals surface area contributed by atoms with Gasteiger partial charge in [0.2, 0.25) is 0 Å². The summed E-state index contributed by atoms with van der Waals surface area (Å²) in [5, 5.41) is 6.31. The third-order valence-electron chi connectivity index (χ3n) is 4.41. The Morgan fingerprint density at radius 3 is 2.52 bits per heavy atom. The van der Waals surface area contributed by atoms with E-state index in [1.54, 1.807) is 24.7 Å². The number of aryl methyl sites for hydroxylation is 1. The van der Waals surface area contributed by atoms with E-state index in [1.807, 2.05) is 43.3 Å². The molecule has 0 saturated heterocycles. The second-order valence-electron chi connectivity index (χ2n) is 6.79. The number of aromatic nitrogens is 2. The zero-order chi connectivity index (χ0) is 19.2. The summed E-state index contributed by atoms with van der Waals surface area (Å²) in [5.41, 5.74) is 5.43. The number of amides is 1. The Kier molecular flexibility index (Phi) is 5.81. The van der Waals surface area contributed by atoms with Crippen molar-refractivity contribution < 1.29 is 4.79 Å². The highest BCUT2D eigenvalue weighted by molar-refractivity contribution is 6.03. The number of nitrogens with one attached hydrogen (secondary N) is 2. The van der Waals surface area contributed by atoms with E-state index in [-0.39, 0.29) is 5.91 Å². The van der Waals surface area contributed by atoms with Crippen LogP contribution < -0.4 is 10.6 Å². The van der Waals surface area contributed by atoms with Crippen molar-refractivity contribution in [3.8, 4) is 0 Å². The number of carbonyl (C=O) groups excluding carboxylic acids is 1. The molecule has 0 saturated carbocycles. The van der Waals surface area contributed by atoms with Gasteiger partial charge in [-0.1, -0.05) is 32.0 Å². The van der Waals surface area contributed by atoms with Crippen LogP contribution in [-0.4, -0.2) is 15.9 Å². The lowest BCUT2D eigenvalue weighted by Gasteiger charge is -2.16. The van der Waals surface area contributed by atoms with Gasteiger partial charge in [0.15, 0.2) is 0 Å². The smallest absolute Gasteiger partial charge is 0.274 e. The van der Waals surface area contributed by atoms with Crippen molar-refractivity contribution in [3.63, 3.8) is 0 Å². The van der Waals surface area contributed by atoms with E-state index in [0.717, 1.165) is 28.1 Å². The summed E-state index contributed by atoms with van der Waals surface area (Å²) >= 11 is 0. The Balaban J connectivity index is 1.68. The minimum atomic E-state index is -0.202. The highest BCUT2D eigenvalue weighted by Gasteiger charge is 2.14.